The SMILES string of the molecule is NNC(Cc1nccs1)c1ccc(F)c(F)c1F. The van der Waals surface area contributed by atoms with Gasteiger partial charge in [0.05, 0.1) is 11.0 Å². The van der Waals surface area contributed by atoms with Gasteiger partial charge in [0, 0.05) is 23.6 Å². The van der Waals surface area contributed by atoms with Gasteiger partial charge in [-0.2, -0.15) is 0 Å². The summed E-state index contributed by atoms with van der Waals surface area (Å²) in [4.78, 5) is 4.03. The number of hydrogen-bond donors (Lipinski definition) is 2. The van der Waals surface area contributed by atoms with Gasteiger partial charge < -0.3 is 0 Å². The van der Waals surface area contributed by atoms with Crippen LogP contribution in [0.2, 0.25) is 0 Å². The Morgan fingerprint density at radius 3 is 2.67 bits per heavy atom. The maximum Gasteiger partial charge on any atom is 0.194 e. The number of hydrogen-bond acceptors (Lipinski definition) is 4. The summed E-state index contributed by atoms with van der Waals surface area (Å²) < 4.78 is 39.6. The van der Waals surface area contributed by atoms with Crippen molar-refractivity contribution in [2.75, 3.05) is 0 Å². The smallest absolute Gasteiger partial charge is 0.194 e. The second-order valence-electron chi connectivity index (χ2n) is 3.61. The number of nitrogens with zero attached hydrogens (tertiary/aromatic N) is 1. The van der Waals surface area contributed by atoms with E-state index in [-0.39, 0.29) is 5.56 Å². The van der Waals surface area contributed by atoms with Gasteiger partial charge >= 0.3 is 0 Å². The van der Waals surface area contributed by atoms with Crippen LogP contribution >= 0.6 is 11.3 Å². The second kappa shape index (κ2) is 5.47. The molecule has 0 amide bonds. The zero-order valence-corrected chi connectivity index (χ0v) is 9.98. The Kier molecular flexibility index (Phi) is 3.95. The number of hydrazine groups is 1. The topological polar surface area (TPSA) is 50.9 Å². The van der Waals surface area contributed by atoms with Crippen molar-refractivity contribution >= 4 is 11.3 Å². The Morgan fingerprint density at radius 1 is 1.28 bits per heavy atom. The number of benzene rings is 1. The summed E-state index contributed by atoms with van der Waals surface area (Å²) in [5, 5.41) is 2.49. The molecule has 1 atom stereocenters. The van der Waals surface area contributed by atoms with E-state index < -0.39 is 23.5 Å². The van der Waals surface area contributed by atoms with Crippen molar-refractivity contribution in [3.05, 3.63) is 51.7 Å². The predicted molar refractivity (Wildman–Crippen MR) is 62.2 cm³/mol. The van der Waals surface area contributed by atoms with Gasteiger partial charge in [-0.05, 0) is 6.07 Å². The molecule has 18 heavy (non-hydrogen) atoms. The van der Waals surface area contributed by atoms with Crippen LogP contribution in [0.4, 0.5) is 13.2 Å². The first kappa shape index (κ1) is 13.0. The zero-order valence-electron chi connectivity index (χ0n) is 9.16. The molecule has 2 rings (SSSR count). The van der Waals surface area contributed by atoms with Crippen LogP contribution in [0.25, 0.3) is 0 Å². The van der Waals surface area contributed by atoms with Gasteiger partial charge in [-0.3, -0.25) is 11.3 Å². The molecular weight excluding hydrogens is 263 g/mol. The van der Waals surface area contributed by atoms with E-state index in [1.165, 1.54) is 17.4 Å². The van der Waals surface area contributed by atoms with Crippen molar-refractivity contribution in [2.45, 2.75) is 12.5 Å². The molecule has 3 N–H and O–H groups in total. The number of thiazole rings is 1. The number of rotatable bonds is 4. The van der Waals surface area contributed by atoms with Crippen LogP contribution in [0.5, 0.6) is 0 Å². The van der Waals surface area contributed by atoms with Gasteiger partial charge in [0.25, 0.3) is 0 Å². The molecule has 1 aromatic heterocycles. The van der Waals surface area contributed by atoms with Crippen LogP contribution in [0, 0.1) is 17.5 Å². The lowest BCUT2D eigenvalue weighted by molar-refractivity contribution is 0.424. The molecule has 1 aromatic carbocycles. The maximum absolute atomic E-state index is 13.6. The molecule has 0 fully saturated rings. The lowest BCUT2D eigenvalue weighted by Crippen LogP contribution is -2.30. The van der Waals surface area contributed by atoms with Crippen LogP contribution in [0.1, 0.15) is 16.6 Å². The number of halogens is 3. The third-order valence-corrected chi connectivity index (χ3v) is 3.31. The van der Waals surface area contributed by atoms with E-state index in [2.05, 4.69) is 10.4 Å². The molecule has 0 aliphatic rings. The average molecular weight is 273 g/mol. The molecule has 0 spiro atoms. The normalized spacial score (nSPS) is 12.7. The first-order chi connectivity index (χ1) is 8.63. The first-order valence-electron chi connectivity index (χ1n) is 5.11. The minimum Gasteiger partial charge on any atom is -0.271 e. The second-order valence-corrected chi connectivity index (χ2v) is 4.59. The largest absolute Gasteiger partial charge is 0.271 e. The van der Waals surface area contributed by atoms with Gasteiger partial charge in [0.1, 0.15) is 0 Å². The third-order valence-electron chi connectivity index (χ3n) is 2.50. The van der Waals surface area contributed by atoms with Crippen LogP contribution in [-0.2, 0) is 6.42 Å². The van der Waals surface area contributed by atoms with E-state index in [0.717, 1.165) is 11.1 Å². The summed E-state index contributed by atoms with van der Waals surface area (Å²) in [5.41, 5.74) is 2.36. The van der Waals surface area contributed by atoms with Gasteiger partial charge in [0.2, 0.25) is 0 Å². The lowest BCUT2D eigenvalue weighted by atomic mass is 10.0. The Bertz CT molecular complexity index is 531. The molecule has 0 aliphatic heterocycles. The molecule has 0 aliphatic carbocycles. The fourth-order valence-electron chi connectivity index (χ4n) is 1.60. The van der Waals surface area contributed by atoms with Crippen molar-refractivity contribution < 1.29 is 13.2 Å². The highest BCUT2D eigenvalue weighted by molar-refractivity contribution is 7.09. The summed E-state index contributed by atoms with van der Waals surface area (Å²) in [6.45, 7) is 0. The molecule has 1 heterocycles. The van der Waals surface area contributed by atoms with Crippen LogP contribution in [0.3, 0.4) is 0 Å². The molecule has 2 aromatic rings. The van der Waals surface area contributed by atoms with Crippen molar-refractivity contribution in [3.63, 3.8) is 0 Å². The van der Waals surface area contributed by atoms with Gasteiger partial charge in [0.15, 0.2) is 17.5 Å². The monoisotopic (exact) mass is 273 g/mol. The molecule has 0 saturated heterocycles. The fraction of sp³-hybridized carbons (Fsp3) is 0.182. The highest BCUT2D eigenvalue weighted by atomic mass is 32.1. The molecule has 96 valence electrons. The molecule has 1 unspecified atom stereocenters. The third kappa shape index (κ3) is 2.53. The van der Waals surface area contributed by atoms with Crippen molar-refractivity contribution in [1.82, 2.24) is 10.4 Å². The van der Waals surface area contributed by atoms with Crippen LogP contribution in [0.15, 0.2) is 23.7 Å². The minimum absolute atomic E-state index is 0.0217. The highest BCUT2D eigenvalue weighted by Gasteiger charge is 2.21. The number of aromatic nitrogens is 1. The number of nitrogens with one attached hydrogen (secondary N) is 1. The summed E-state index contributed by atoms with van der Waals surface area (Å²) in [5.74, 6) is 1.38. The molecule has 0 radical (unpaired) electrons. The quantitative estimate of drug-likeness (QED) is 0.510. The van der Waals surface area contributed by atoms with E-state index in [1.54, 1.807) is 11.6 Å². The summed E-state index contributed by atoms with van der Waals surface area (Å²) in [6.07, 6.45) is 1.91. The van der Waals surface area contributed by atoms with E-state index in [0.29, 0.717) is 6.42 Å². The predicted octanol–water partition coefficient (Wildman–Crippen LogP) is 2.31. The van der Waals surface area contributed by atoms with E-state index >= 15 is 0 Å². The Morgan fingerprint density at radius 2 is 2.06 bits per heavy atom. The molecule has 7 heteroatoms. The molecule has 3 nitrogen and oxygen atoms in total. The summed E-state index contributed by atoms with van der Waals surface area (Å²) in [7, 11) is 0. The fourth-order valence-corrected chi connectivity index (χ4v) is 2.26. The van der Waals surface area contributed by atoms with E-state index in [1.807, 2.05) is 0 Å². The van der Waals surface area contributed by atoms with E-state index in [4.69, 9.17) is 5.84 Å². The van der Waals surface area contributed by atoms with Crippen molar-refractivity contribution in [3.8, 4) is 0 Å². The molecule has 0 saturated carbocycles. The van der Waals surface area contributed by atoms with Crippen molar-refractivity contribution in [2.24, 2.45) is 5.84 Å². The maximum atomic E-state index is 13.6. The standard InChI is InChI=1S/C11H10F3N3S/c12-7-2-1-6(10(13)11(7)14)8(17-15)5-9-16-3-4-18-9/h1-4,8,17H,5,15H2. The summed E-state index contributed by atoms with van der Waals surface area (Å²) >= 11 is 1.38. The Labute approximate surface area is 105 Å². The Hall–Kier alpha value is -1.44. The van der Waals surface area contributed by atoms with Crippen molar-refractivity contribution in [1.29, 1.82) is 0 Å². The van der Waals surface area contributed by atoms with Gasteiger partial charge in [-0.25, -0.2) is 18.2 Å². The summed E-state index contributed by atoms with van der Waals surface area (Å²) in [6, 6.07) is 1.39. The average Bonchev–Trinajstić information content (AvgIpc) is 2.87. The van der Waals surface area contributed by atoms with Gasteiger partial charge in [-0.1, -0.05) is 6.07 Å². The lowest BCUT2D eigenvalue weighted by Gasteiger charge is -2.16. The molecule has 0 bridgehead atoms. The van der Waals surface area contributed by atoms with Gasteiger partial charge in [-0.15, -0.1) is 11.3 Å². The zero-order chi connectivity index (χ0) is 13.1. The minimum atomic E-state index is -1.49. The highest BCUT2D eigenvalue weighted by Crippen LogP contribution is 2.24. The van der Waals surface area contributed by atoms with Crippen LogP contribution in [-0.4, -0.2) is 4.98 Å². The van der Waals surface area contributed by atoms with E-state index in [9.17, 15) is 13.2 Å². The first-order valence-corrected chi connectivity index (χ1v) is 5.99. The Balaban J connectivity index is 2.30. The van der Waals surface area contributed by atoms with Crippen LogP contribution < -0.4 is 11.3 Å². The molecular formula is C11H10F3N3S. The number of nitrogens with two attached hydrogens (primary N) is 1.